The second kappa shape index (κ2) is 10.7. The van der Waals surface area contributed by atoms with Crippen LogP contribution in [0.3, 0.4) is 0 Å². The van der Waals surface area contributed by atoms with Gasteiger partial charge in [-0.1, -0.05) is 18.7 Å². The van der Waals surface area contributed by atoms with Crippen molar-refractivity contribution >= 4 is 35.3 Å². The Morgan fingerprint density at radius 3 is 2.70 bits per heavy atom. The summed E-state index contributed by atoms with van der Waals surface area (Å²) in [6.07, 6.45) is 7.70. The highest BCUT2D eigenvalue weighted by molar-refractivity contribution is 7.99. The summed E-state index contributed by atoms with van der Waals surface area (Å²) in [5, 5.41) is 9.67. The van der Waals surface area contributed by atoms with E-state index in [0.29, 0.717) is 0 Å². The average molecular weight is 485 g/mol. The largest absolute Gasteiger partial charge is 0.441 e. The summed E-state index contributed by atoms with van der Waals surface area (Å²) < 4.78 is 7.92. The number of thioether (sulfide) groups is 1. The van der Waals surface area contributed by atoms with E-state index in [2.05, 4.69) is 48.7 Å². The molecule has 4 aromatic rings. The average Bonchev–Trinajstić information content (AvgIpc) is 3.34. The number of pyridine rings is 1. The summed E-state index contributed by atoms with van der Waals surface area (Å²) in [5.41, 5.74) is 5.76. The molecule has 0 saturated heterocycles. The SMILES string of the molecule is CCc1nc2cc3c(cc2o1)CCN(CCCSc1nnc(-c2cccnc2)n1C)CC3.Cl. The Labute approximate surface area is 204 Å². The summed E-state index contributed by atoms with van der Waals surface area (Å²) in [6, 6.07) is 8.38. The first-order valence-electron chi connectivity index (χ1n) is 11.3. The molecule has 33 heavy (non-hydrogen) atoms. The van der Waals surface area contributed by atoms with Gasteiger partial charge >= 0.3 is 0 Å². The van der Waals surface area contributed by atoms with E-state index in [1.54, 1.807) is 18.0 Å². The highest BCUT2D eigenvalue weighted by Gasteiger charge is 2.17. The van der Waals surface area contributed by atoms with Crippen molar-refractivity contribution in [2.45, 2.75) is 37.8 Å². The normalized spacial score (nSPS) is 14.1. The van der Waals surface area contributed by atoms with Crippen LogP contribution in [0, 0.1) is 0 Å². The molecule has 0 radical (unpaired) electrons. The zero-order chi connectivity index (χ0) is 21.9. The lowest BCUT2D eigenvalue weighted by atomic mass is 10.0. The number of hydrogen-bond donors (Lipinski definition) is 0. The van der Waals surface area contributed by atoms with Crippen LogP contribution >= 0.6 is 24.2 Å². The predicted molar refractivity (Wildman–Crippen MR) is 134 cm³/mol. The van der Waals surface area contributed by atoms with E-state index >= 15 is 0 Å². The molecule has 0 fully saturated rings. The molecule has 4 heterocycles. The third kappa shape index (κ3) is 5.23. The van der Waals surface area contributed by atoms with Gasteiger partial charge in [-0.2, -0.15) is 0 Å². The smallest absolute Gasteiger partial charge is 0.195 e. The summed E-state index contributed by atoms with van der Waals surface area (Å²) in [6.45, 7) is 5.36. The van der Waals surface area contributed by atoms with Crippen LogP contribution in [0.4, 0.5) is 0 Å². The van der Waals surface area contributed by atoms with Crippen molar-refractivity contribution in [1.82, 2.24) is 29.6 Å². The molecular weight excluding hydrogens is 456 g/mol. The first kappa shape index (κ1) is 23.7. The minimum atomic E-state index is 0. The maximum absolute atomic E-state index is 5.87. The minimum absolute atomic E-state index is 0. The highest BCUT2D eigenvalue weighted by Crippen LogP contribution is 2.25. The Morgan fingerprint density at radius 2 is 1.94 bits per heavy atom. The van der Waals surface area contributed by atoms with Gasteiger partial charge in [0.05, 0.1) is 0 Å². The molecule has 0 unspecified atom stereocenters. The Morgan fingerprint density at radius 1 is 1.12 bits per heavy atom. The van der Waals surface area contributed by atoms with Crippen LogP contribution in [0.1, 0.15) is 30.4 Å². The molecule has 1 aliphatic heterocycles. The number of benzene rings is 1. The van der Waals surface area contributed by atoms with E-state index in [0.717, 1.165) is 84.6 Å². The van der Waals surface area contributed by atoms with Crippen LogP contribution in [-0.4, -0.2) is 55.0 Å². The molecule has 9 heteroatoms. The van der Waals surface area contributed by atoms with E-state index < -0.39 is 0 Å². The lowest BCUT2D eigenvalue weighted by molar-refractivity contribution is 0.289. The summed E-state index contributed by atoms with van der Waals surface area (Å²) >= 11 is 1.77. The molecule has 0 atom stereocenters. The first-order valence-corrected chi connectivity index (χ1v) is 12.3. The number of fused-ring (bicyclic) bond motifs is 2. The number of hydrogen-bond acceptors (Lipinski definition) is 7. The van der Waals surface area contributed by atoms with Crippen molar-refractivity contribution in [1.29, 1.82) is 0 Å². The predicted octanol–water partition coefficient (Wildman–Crippen LogP) is 4.59. The van der Waals surface area contributed by atoms with Gasteiger partial charge < -0.3 is 13.9 Å². The van der Waals surface area contributed by atoms with E-state index in [1.165, 1.54) is 11.1 Å². The topological polar surface area (TPSA) is 72.9 Å². The van der Waals surface area contributed by atoms with Crippen molar-refractivity contribution in [2.75, 3.05) is 25.4 Å². The molecule has 0 bridgehead atoms. The Balaban J connectivity index is 0.00000259. The van der Waals surface area contributed by atoms with Crippen molar-refractivity contribution in [3.8, 4) is 11.4 Å². The van der Waals surface area contributed by atoms with Gasteiger partial charge in [-0.25, -0.2) is 4.98 Å². The van der Waals surface area contributed by atoms with Gasteiger partial charge in [-0.3, -0.25) is 4.98 Å². The van der Waals surface area contributed by atoms with E-state index in [9.17, 15) is 0 Å². The molecule has 0 N–H and O–H groups in total. The number of nitrogens with zero attached hydrogens (tertiary/aromatic N) is 6. The Kier molecular flexibility index (Phi) is 7.67. The lowest BCUT2D eigenvalue weighted by Gasteiger charge is -2.19. The molecule has 7 nitrogen and oxygen atoms in total. The summed E-state index contributed by atoms with van der Waals surface area (Å²) in [5.74, 6) is 2.71. The molecule has 0 spiro atoms. The molecule has 1 aromatic carbocycles. The monoisotopic (exact) mass is 484 g/mol. The lowest BCUT2D eigenvalue weighted by Crippen LogP contribution is -2.27. The maximum atomic E-state index is 5.87. The van der Waals surface area contributed by atoms with E-state index in [1.807, 2.05) is 25.4 Å². The fourth-order valence-corrected chi connectivity index (χ4v) is 5.09. The molecule has 0 amide bonds. The zero-order valence-electron chi connectivity index (χ0n) is 19.0. The van der Waals surface area contributed by atoms with E-state index in [4.69, 9.17) is 4.42 Å². The number of halogens is 1. The fourth-order valence-electron chi connectivity index (χ4n) is 4.25. The highest BCUT2D eigenvalue weighted by atomic mass is 35.5. The van der Waals surface area contributed by atoms with Gasteiger partial charge in [0, 0.05) is 50.3 Å². The van der Waals surface area contributed by atoms with Gasteiger partial charge in [0.2, 0.25) is 0 Å². The van der Waals surface area contributed by atoms with Crippen LogP contribution in [0.5, 0.6) is 0 Å². The van der Waals surface area contributed by atoms with Crippen molar-refractivity contribution in [2.24, 2.45) is 7.05 Å². The van der Waals surface area contributed by atoms with Gasteiger partial charge in [0.25, 0.3) is 0 Å². The van der Waals surface area contributed by atoms with Crippen LogP contribution in [0.25, 0.3) is 22.5 Å². The van der Waals surface area contributed by atoms with Gasteiger partial charge in [-0.05, 0) is 61.2 Å². The first-order chi connectivity index (χ1) is 15.7. The molecule has 0 saturated carbocycles. The molecular formula is C24H29ClN6OS. The fraction of sp³-hybridized carbons (Fsp3) is 0.417. The Hall–Kier alpha value is -2.42. The molecule has 5 rings (SSSR count). The molecule has 1 aliphatic rings. The van der Waals surface area contributed by atoms with Crippen LogP contribution in [0.15, 0.2) is 46.2 Å². The quantitative estimate of drug-likeness (QED) is 0.280. The third-order valence-electron chi connectivity index (χ3n) is 6.06. The standard InChI is InChI=1S/C24H28N6OS.ClH/c1-3-22-26-20-14-17-7-11-30(12-8-18(17)15-21(20)31-22)10-5-13-32-24-28-27-23(29(24)2)19-6-4-9-25-16-19;/h4,6,9,14-16H,3,5,7-8,10-13H2,1-2H3;1H. The summed E-state index contributed by atoms with van der Waals surface area (Å²) in [7, 11) is 2.02. The maximum Gasteiger partial charge on any atom is 0.195 e. The summed E-state index contributed by atoms with van der Waals surface area (Å²) in [4.78, 5) is 11.4. The van der Waals surface area contributed by atoms with Crippen molar-refractivity contribution < 1.29 is 4.42 Å². The second-order valence-electron chi connectivity index (χ2n) is 8.20. The van der Waals surface area contributed by atoms with Crippen LogP contribution in [-0.2, 0) is 26.3 Å². The second-order valence-corrected chi connectivity index (χ2v) is 9.26. The number of aryl methyl sites for hydroxylation is 1. The Bertz CT molecular complexity index is 1160. The van der Waals surface area contributed by atoms with Crippen molar-refractivity contribution in [3.05, 3.63) is 53.7 Å². The zero-order valence-corrected chi connectivity index (χ0v) is 20.7. The molecule has 0 aliphatic carbocycles. The number of oxazole rings is 1. The van der Waals surface area contributed by atoms with Gasteiger partial charge in [0.1, 0.15) is 5.52 Å². The van der Waals surface area contributed by atoms with Crippen molar-refractivity contribution in [3.63, 3.8) is 0 Å². The number of rotatable bonds is 7. The minimum Gasteiger partial charge on any atom is -0.441 e. The van der Waals surface area contributed by atoms with Gasteiger partial charge in [-0.15, -0.1) is 22.6 Å². The molecule has 3 aromatic heterocycles. The van der Waals surface area contributed by atoms with E-state index in [-0.39, 0.29) is 12.4 Å². The van der Waals surface area contributed by atoms with Gasteiger partial charge in [0.15, 0.2) is 22.5 Å². The third-order valence-corrected chi connectivity index (χ3v) is 7.16. The van der Waals surface area contributed by atoms with Crippen LogP contribution in [0.2, 0.25) is 0 Å². The molecule has 174 valence electrons. The van der Waals surface area contributed by atoms with Crippen LogP contribution < -0.4 is 0 Å². The number of aromatic nitrogens is 5.